The van der Waals surface area contributed by atoms with Gasteiger partial charge in [-0.05, 0) is 56.0 Å². The van der Waals surface area contributed by atoms with Crippen molar-refractivity contribution in [3.05, 3.63) is 40.3 Å². The van der Waals surface area contributed by atoms with Gasteiger partial charge in [-0.2, -0.15) is 0 Å². The molecular weight excluding hydrogens is 388 g/mol. The molecule has 1 atom stereocenters. The third-order valence-electron chi connectivity index (χ3n) is 5.55. The fourth-order valence-electron chi connectivity index (χ4n) is 3.70. The van der Waals surface area contributed by atoms with Crippen LogP contribution in [0.15, 0.2) is 29.4 Å². The summed E-state index contributed by atoms with van der Waals surface area (Å²) in [6, 6.07) is 7.54. The van der Waals surface area contributed by atoms with E-state index in [9.17, 15) is 4.79 Å². The third-order valence-corrected chi connectivity index (χ3v) is 5.55. The molecule has 0 aliphatic heterocycles. The highest BCUT2D eigenvalue weighted by Gasteiger charge is 2.07. The summed E-state index contributed by atoms with van der Waals surface area (Å²) in [5.41, 5.74) is 10.4. The Morgan fingerprint density at radius 1 is 0.935 bits per heavy atom. The Hall–Kier alpha value is -2.20. The monoisotopic (exact) mass is 430 g/mol. The molecular formula is C25H42N4O2. The van der Waals surface area contributed by atoms with Crippen LogP contribution in [0.4, 0.5) is 5.69 Å². The van der Waals surface area contributed by atoms with E-state index in [2.05, 4.69) is 22.3 Å². The van der Waals surface area contributed by atoms with Crippen molar-refractivity contribution < 1.29 is 9.53 Å². The van der Waals surface area contributed by atoms with Crippen LogP contribution in [0.25, 0.3) is 10.4 Å². The van der Waals surface area contributed by atoms with E-state index in [-0.39, 0.29) is 12.0 Å². The van der Waals surface area contributed by atoms with Crippen LogP contribution in [-0.2, 0) is 4.74 Å². The number of anilines is 1. The highest BCUT2D eigenvalue weighted by Crippen LogP contribution is 2.17. The van der Waals surface area contributed by atoms with Gasteiger partial charge in [0.25, 0.3) is 0 Å². The maximum absolute atomic E-state index is 11.7. The summed E-state index contributed by atoms with van der Waals surface area (Å²) in [7, 11) is 0. The molecule has 0 aliphatic carbocycles. The number of azide groups is 1. The van der Waals surface area contributed by atoms with E-state index in [1.807, 2.05) is 12.1 Å². The minimum atomic E-state index is -0.282. The van der Waals surface area contributed by atoms with Gasteiger partial charge in [0.05, 0.1) is 12.2 Å². The standard InChI is InChI=1S/C25H42N4O2/c1-3-5-6-7-8-9-10-12-15-24(28-29-26)16-13-11-14-21-27-23-19-17-22(18-20-23)25(30)31-4-2/h17-20,24,27H,3-16,21H2,1-2H3. The topological polar surface area (TPSA) is 87.1 Å². The molecule has 0 saturated carbocycles. The summed E-state index contributed by atoms with van der Waals surface area (Å²) < 4.78 is 4.99. The lowest BCUT2D eigenvalue weighted by Gasteiger charge is -2.11. The SMILES string of the molecule is CCCCCCCCCCC(CCCCCNc1ccc(C(=O)OCC)cc1)N=[N+]=[N-]. The number of benzene rings is 1. The first-order chi connectivity index (χ1) is 15.2. The second-order valence-electron chi connectivity index (χ2n) is 8.20. The van der Waals surface area contributed by atoms with Gasteiger partial charge in [0, 0.05) is 23.2 Å². The summed E-state index contributed by atoms with van der Waals surface area (Å²) in [5.74, 6) is -0.282. The van der Waals surface area contributed by atoms with Gasteiger partial charge in [-0.25, -0.2) is 4.79 Å². The van der Waals surface area contributed by atoms with Gasteiger partial charge in [0.2, 0.25) is 0 Å². The second-order valence-corrected chi connectivity index (χ2v) is 8.20. The van der Waals surface area contributed by atoms with E-state index in [1.54, 1.807) is 19.1 Å². The minimum Gasteiger partial charge on any atom is -0.462 e. The fourth-order valence-corrected chi connectivity index (χ4v) is 3.70. The molecule has 1 N–H and O–H groups in total. The van der Waals surface area contributed by atoms with Gasteiger partial charge in [0.15, 0.2) is 0 Å². The molecule has 0 spiro atoms. The summed E-state index contributed by atoms with van der Waals surface area (Å²) in [4.78, 5) is 14.7. The van der Waals surface area contributed by atoms with Crippen LogP contribution in [-0.4, -0.2) is 25.2 Å². The molecule has 0 fully saturated rings. The third kappa shape index (κ3) is 13.7. The van der Waals surface area contributed by atoms with Gasteiger partial charge < -0.3 is 10.1 Å². The Balaban J connectivity index is 2.10. The quantitative estimate of drug-likeness (QED) is 0.0791. The van der Waals surface area contributed by atoms with Gasteiger partial charge in [0.1, 0.15) is 0 Å². The number of nitrogens with one attached hydrogen (secondary N) is 1. The van der Waals surface area contributed by atoms with E-state index in [4.69, 9.17) is 10.3 Å². The second kappa shape index (κ2) is 18.6. The molecule has 1 unspecified atom stereocenters. The molecule has 6 nitrogen and oxygen atoms in total. The predicted octanol–water partition coefficient (Wildman–Crippen LogP) is 8.05. The summed E-state index contributed by atoms with van der Waals surface area (Å²) in [5, 5.41) is 7.40. The van der Waals surface area contributed by atoms with Crippen LogP contribution >= 0.6 is 0 Å². The molecule has 0 aliphatic rings. The van der Waals surface area contributed by atoms with Crippen molar-refractivity contribution in [1.82, 2.24) is 0 Å². The lowest BCUT2D eigenvalue weighted by atomic mass is 10.0. The van der Waals surface area contributed by atoms with E-state index >= 15 is 0 Å². The molecule has 31 heavy (non-hydrogen) atoms. The molecule has 0 amide bonds. The average molecular weight is 431 g/mol. The Labute approximate surface area is 188 Å². The molecule has 0 saturated heterocycles. The van der Waals surface area contributed by atoms with Crippen LogP contribution in [0.1, 0.15) is 108 Å². The van der Waals surface area contributed by atoms with E-state index in [0.29, 0.717) is 12.2 Å². The fraction of sp³-hybridized carbons (Fsp3) is 0.720. The molecule has 0 radical (unpaired) electrons. The molecule has 1 rings (SSSR count). The smallest absolute Gasteiger partial charge is 0.338 e. The Morgan fingerprint density at radius 3 is 2.10 bits per heavy atom. The zero-order valence-corrected chi connectivity index (χ0v) is 19.7. The Bertz CT molecular complexity index is 627. The number of hydrogen-bond acceptors (Lipinski definition) is 4. The van der Waals surface area contributed by atoms with Crippen LogP contribution in [0.3, 0.4) is 0 Å². The first-order valence-corrected chi connectivity index (χ1v) is 12.3. The lowest BCUT2D eigenvalue weighted by molar-refractivity contribution is 0.0526. The van der Waals surface area contributed by atoms with Crippen molar-refractivity contribution in [1.29, 1.82) is 0 Å². The zero-order chi connectivity index (χ0) is 22.6. The van der Waals surface area contributed by atoms with Gasteiger partial charge in [-0.3, -0.25) is 0 Å². The summed E-state index contributed by atoms with van der Waals surface area (Å²) in [6.07, 6.45) is 15.7. The number of carbonyl (C=O) groups excluding carboxylic acids is 1. The number of rotatable bonds is 19. The van der Waals surface area contributed by atoms with Crippen molar-refractivity contribution >= 4 is 11.7 Å². The van der Waals surface area contributed by atoms with E-state index in [1.165, 1.54) is 51.4 Å². The van der Waals surface area contributed by atoms with Crippen LogP contribution < -0.4 is 5.32 Å². The predicted molar refractivity (Wildman–Crippen MR) is 130 cm³/mol. The normalized spacial score (nSPS) is 11.5. The van der Waals surface area contributed by atoms with Crippen molar-refractivity contribution in [3.8, 4) is 0 Å². The molecule has 0 aromatic heterocycles. The molecule has 1 aromatic rings. The largest absolute Gasteiger partial charge is 0.462 e. The molecule has 1 aromatic carbocycles. The van der Waals surface area contributed by atoms with Gasteiger partial charge in [-0.1, -0.05) is 76.2 Å². The number of nitrogens with zero attached hydrogens (tertiary/aromatic N) is 3. The number of unbranched alkanes of at least 4 members (excludes halogenated alkanes) is 9. The van der Waals surface area contributed by atoms with Crippen LogP contribution in [0.2, 0.25) is 0 Å². The minimum absolute atomic E-state index is 0.147. The number of hydrogen-bond donors (Lipinski definition) is 1. The number of carbonyl (C=O) groups is 1. The van der Waals surface area contributed by atoms with Crippen molar-refractivity contribution in [3.63, 3.8) is 0 Å². The van der Waals surface area contributed by atoms with Gasteiger partial charge >= 0.3 is 5.97 Å². The average Bonchev–Trinajstić information content (AvgIpc) is 2.78. The zero-order valence-electron chi connectivity index (χ0n) is 19.7. The van der Waals surface area contributed by atoms with Crippen LogP contribution in [0, 0.1) is 0 Å². The summed E-state index contributed by atoms with van der Waals surface area (Å²) >= 11 is 0. The lowest BCUT2D eigenvalue weighted by Crippen LogP contribution is -2.06. The Morgan fingerprint density at radius 2 is 1.52 bits per heavy atom. The number of ether oxygens (including phenoxy) is 1. The highest BCUT2D eigenvalue weighted by atomic mass is 16.5. The van der Waals surface area contributed by atoms with E-state index < -0.39 is 0 Å². The highest BCUT2D eigenvalue weighted by molar-refractivity contribution is 5.89. The molecule has 0 bridgehead atoms. The van der Waals surface area contributed by atoms with Crippen molar-refractivity contribution in [2.45, 2.75) is 103 Å². The first kappa shape index (κ1) is 26.8. The van der Waals surface area contributed by atoms with E-state index in [0.717, 1.165) is 44.3 Å². The maximum atomic E-state index is 11.7. The maximum Gasteiger partial charge on any atom is 0.338 e. The number of esters is 1. The molecule has 174 valence electrons. The van der Waals surface area contributed by atoms with Crippen LogP contribution in [0.5, 0.6) is 0 Å². The molecule has 0 heterocycles. The van der Waals surface area contributed by atoms with Crippen molar-refractivity contribution in [2.75, 3.05) is 18.5 Å². The summed E-state index contributed by atoms with van der Waals surface area (Å²) in [6.45, 7) is 5.33. The van der Waals surface area contributed by atoms with Crippen molar-refractivity contribution in [2.24, 2.45) is 5.11 Å². The van der Waals surface area contributed by atoms with Gasteiger partial charge in [-0.15, -0.1) is 0 Å². The molecule has 6 heteroatoms. The first-order valence-electron chi connectivity index (χ1n) is 12.3. The Kier molecular flexibility index (Phi) is 16.1.